The van der Waals surface area contributed by atoms with Crippen molar-refractivity contribution in [2.45, 2.75) is 13.3 Å². The molecule has 0 aliphatic carbocycles. The number of ketones is 1. The van der Waals surface area contributed by atoms with E-state index < -0.39 is 11.6 Å². The Bertz CT molecular complexity index is 421. The zero-order valence-corrected chi connectivity index (χ0v) is 7.54. The summed E-state index contributed by atoms with van der Waals surface area (Å²) in [5.74, 6) is -1.67. The van der Waals surface area contributed by atoms with Crippen LogP contribution < -0.4 is 0 Å². The van der Waals surface area contributed by atoms with Crippen molar-refractivity contribution in [2.75, 3.05) is 0 Å². The average molecular weight is 193 g/mol. The monoisotopic (exact) mass is 193 g/mol. The number of phenolic OH excluding ortho intramolecular Hbond substituents is 1. The number of halogens is 1. The molecule has 1 rings (SSSR count). The van der Waals surface area contributed by atoms with Crippen molar-refractivity contribution >= 4 is 5.78 Å². The molecule has 0 unspecified atom stereocenters. The molecule has 0 saturated heterocycles. The van der Waals surface area contributed by atoms with Gasteiger partial charge in [-0.25, -0.2) is 4.39 Å². The molecule has 0 aromatic heterocycles. The molecule has 14 heavy (non-hydrogen) atoms. The lowest BCUT2D eigenvalue weighted by Gasteiger charge is -2.02. The number of hydrogen-bond donors (Lipinski definition) is 1. The fourth-order valence-corrected chi connectivity index (χ4v) is 1.13. The second-order valence-corrected chi connectivity index (χ2v) is 2.96. The molecule has 1 N–H and O–H groups in total. The number of carbonyl (C=O) groups is 1. The fourth-order valence-electron chi connectivity index (χ4n) is 1.13. The molecule has 1 aromatic carbocycles. The summed E-state index contributed by atoms with van der Waals surface area (Å²) in [5, 5.41) is 17.6. The van der Waals surface area contributed by atoms with E-state index in [2.05, 4.69) is 0 Å². The van der Waals surface area contributed by atoms with Crippen molar-refractivity contribution in [3.05, 3.63) is 29.1 Å². The number of Topliss-reactive ketones (excluding diaryl/α,β-unsaturated/α-hetero) is 1. The molecular formula is C10H8FNO2. The van der Waals surface area contributed by atoms with Crippen LogP contribution in [0, 0.1) is 17.1 Å². The largest absolute Gasteiger partial charge is 0.504 e. The van der Waals surface area contributed by atoms with Crippen LogP contribution in [-0.4, -0.2) is 10.9 Å². The van der Waals surface area contributed by atoms with E-state index in [9.17, 15) is 9.18 Å². The number of phenols is 1. The van der Waals surface area contributed by atoms with Gasteiger partial charge in [-0.3, -0.25) is 4.79 Å². The highest BCUT2D eigenvalue weighted by Crippen LogP contribution is 2.22. The highest BCUT2D eigenvalue weighted by atomic mass is 19.1. The third kappa shape index (κ3) is 2.07. The summed E-state index contributed by atoms with van der Waals surface area (Å²) in [6.07, 6.45) is 0.0614. The summed E-state index contributed by atoms with van der Waals surface area (Å²) in [6, 6.07) is 4.01. The summed E-state index contributed by atoms with van der Waals surface area (Å²) in [5.41, 5.74) is 0.241. The molecule has 0 aliphatic rings. The predicted octanol–water partition coefficient (Wildman–Crippen LogP) is 1.53. The SMILES string of the molecule is CC(=O)Cc1cc(F)c(O)c(C#N)c1. The number of rotatable bonds is 2. The predicted molar refractivity (Wildman–Crippen MR) is 47.2 cm³/mol. The molecule has 0 spiro atoms. The van der Waals surface area contributed by atoms with E-state index in [0.717, 1.165) is 6.07 Å². The summed E-state index contributed by atoms with van der Waals surface area (Å²) in [7, 11) is 0. The number of aromatic hydroxyl groups is 1. The normalized spacial score (nSPS) is 9.50. The second kappa shape index (κ2) is 3.88. The minimum absolute atomic E-state index is 0.0614. The Morgan fingerprint density at radius 3 is 2.79 bits per heavy atom. The molecule has 72 valence electrons. The Balaban J connectivity index is 3.18. The van der Waals surface area contributed by atoms with Gasteiger partial charge < -0.3 is 5.11 Å². The van der Waals surface area contributed by atoms with Gasteiger partial charge in [0.2, 0.25) is 0 Å². The van der Waals surface area contributed by atoms with Gasteiger partial charge in [0, 0.05) is 6.42 Å². The Hall–Kier alpha value is -1.89. The Kier molecular flexibility index (Phi) is 2.82. The van der Waals surface area contributed by atoms with Crippen LogP contribution in [0.25, 0.3) is 0 Å². The molecule has 1 aromatic rings. The molecule has 3 nitrogen and oxygen atoms in total. The smallest absolute Gasteiger partial charge is 0.169 e. The number of carbonyl (C=O) groups excluding carboxylic acids is 1. The number of benzene rings is 1. The van der Waals surface area contributed by atoms with E-state index in [1.165, 1.54) is 13.0 Å². The average Bonchev–Trinajstić information content (AvgIpc) is 2.10. The zero-order valence-electron chi connectivity index (χ0n) is 7.54. The first kappa shape index (κ1) is 10.2. The minimum Gasteiger partial charge on any atom is -0.504 e. The first-order valence-electron chi connectivity index (χ1n) is 3.95. The van der Waals surface area contributed by atoms with Crippen LogP contribution in [0.15, 0.2) is 12.1 Å². The molecular weight excluding hydrogens is 185 g/mol. The van der Waals surface area contributed by atoms with Crippen molar-refractivity contribution < 1.29 is 14.3 Å². The third-order valence-electron chi connectivity index (χ3n) is 1.70. The Morgan fingerprint density at radius 1 is 1.64 bits per heavy atom. The van der Waals surface area contributed by atoms with Crippen molar-refractivity contribution in [1.29, 1.82) is 5.26 Å². The third-order valence-corrected chi connectivity index (χ3v) is 1.70. The van der Waals surface area contributed by atoms with Crippen LogP contribution in [0.1, 0.15) is 18.1 Å². The van der Waals surface area contributed by atoms with Crippen molar-refractivity contribution in [3.63, 3.8) is 0 Å². The molecule has 0 amide bonds. The summed E-state index contributed by atoms with van der Waals surface area (Å²) >= 11 is 0. The molecule has 0 atom stereocenters. The maximum atomic E-state index is 13.0. The first-order valence-corrected chi connectivity index (χ1v) is 3.95. The van der Waals surface area contributed by atoms with Crippen LogP contribution in [0.4, 0.5) is 4.39 Å². The molecule has 0 heterocycles. The topological polar surface area (TPSA) is 61.1 Å². The van der Waals surface area contributed by atoms with Crippen LogP contribution in [-0.2, 0) is 11.2 Å². The van der Waals surface area contributed by atoms with Gasteiger partial charge in [-0.05, 0) is 24.6 Å². The van der Waals surface area contributed by atoms with Crippen LogP contribution in [0.5, 0.6) is 5.75 Å². The van der Waals surface area contributed by atoms with E-state index >= 15 is 0 Å². The van der Waals surface area contributed by atoms with Crippen LogP contribution in [0.3, 0.4) is 0 Å². The summed E-state index contributed by atoms with van der Waals surface area (Å²) in [4.78, 5) is 10.7. The van der Waals surface area contributed by atoms with E-state index in [1.54, 1.807) is 6.07 Å². The maximum Gasteiger partial charge on any atom is 0.169 e. The standard InChI is InChI=1S/C10H8FNO2/c1-6(13)2-7-3-8(5-12)10(14)9(11)4-7/h3-4,14H,2H2,1H3. The molecule has 0 bridgehead atoms. The van der Waals surface area contributed by atoms with Crippen LogP contribution >= 0.6 is 0 Å². The van der Waals surface area contributed by atoms with Crippen molar-refractivity contribution in [2.24, 2.45) is 0 Å². The maximum absolute atomic E-state index is 13.0. The van der Waals surface area contributed by atoms with E-state index in [1.807, 2.05) is 0 Å². The Morgan fingerprint density at radius 2 is 2.29 bits per heavy atom. The number of nitriles is 1. The molecule has 0 aliphatic heterocycles. The molecule has 4 heteroatoms. The summed E-state index contributed by atoms with van der Waals surface area (Å²) < 4.78 is 13.0. The van der Waals surface area contributed by atoms with Gasteiger partial charge >= 0.3 is 0 Å². The molecule has 0 saturated carbocycles. The van der Waals surface area contributed by atoms with E-state index in [4.69, 9.17) is 10.4 Å². The second-order valence-electron chi connectivity index (χ2n) is 2.96. The molecule has 0 fully saturated rings. The van der Waals surface area contributed by atoms with Crippen molar-refractivity contribution in [3.8, 4) is 11.8 Å². The Labute approximate surface area is 80.4 Å². The highest BCUT2D eigenvalue weighted by Gasteiger charge is 2.10. The zero-order chi connectivity index (χ0) is 10.7. The minimum atomic E-state index is -0.875. The lowest BCUT2D eigenvalue weighted by molar-refractivity contribution is -0.116. The first-order chi connectivity index (χ1) is 6.54. The fraction of sp³-hybridized carbons (Fsp3) is 0.200. The van der Waals surface area contributed by atoms with Crippen molar-refractivity contribution in [1.82, 2.24) is 0 Å². The van der Waals surface area contributed by atoms with Gasteiger partial charge in [0.05, 0.1) is 5.56 Å². The lowest BCUT2D eigenvalue weighted by atomic mass is 10.1. The van der Waals surface area contributed by atoms with Gasteiger partial charge in [-0.1, -0.05) is 0 Å². The van der Waals surface area contributed by atoms with Gasteiger partial charge in [-0.15, -0.1) is 0 Å². The van der Waals surface area contributed by atoms with Gasteiger partial charge in [0.25, 0.3) is 0 Å². The lowest BCUT2D eigenvalue weighted by Crippen LogP contribution is -1.98. The number of hydrogen-bond acceptors (Lipinski definition) is 3. The number of nitrogens with zero attached hydrogens (tertiary/aromatic N) is 1. The van der Waals surface area contributed by atoms with Gasteiger partial charge in [0.15, 0.2) is 11.6 Å². The molecule has 0 radical (unpaired) electrons. The van der Waals surface area contributed by atoms with Gasteiger partial charge in [0.1, 0.15) is 11.9 Å². The summed E-state index contributed by atoms with van der Waals surface area (Å²) in [6.45, 7) is 1.37. The van der Waals surface area contributed by atoms with Gasteiger partial charge in [-0.2, -0.15) is 5.26 Å². The van der Waals surface area contributed by atoms with E-state index in [0.29, 0.717) is 5.56 Å². The quantitative estimate of drug-likeness (QED) is 0.774. The van der Waals surface area contributed by atoms with E-state index in [-0.39, 0.29) is 17.8 Å². The highest BCUT2D eigenvalue weighted by molar-refractivity contribution is 5.78. The van der Waals surface area contributed by atoms with Crippen LogP contribution in [0.2, 0.25) is 0 Å².